The Balaban J connectivity index is 2.52. The molecule has 0 saturated heterocycles. The average molecular weight is 287 g/mol. The lowest BCUT2D eigenvalue weighted by molar-refractivity contribution is -0.137. The molecule has 88 valence electrons. The third kappa shape index (κ3) is 4.72. The van der Waals surface area contributed by atoms with Gasteiger partial charge in [-0.25, -0.2) is 0 Å². The molecule has 5 heteroatoms. The molecule has 0 aliphatic heterocycles. The van der Waals surface area contributed by atoms with E-state index in [-0.39, 0.29) is 6.42 Å². The zero-order valence-corrected chi connectivity index (χ0v) is 10.8. The van der Waals surface area contributed by atoms with Crippen LogP contribution in [0, 0.1) is 0 Å². The maximum atomic E-state index is 10.5. The van der Waals surface area contributed by atoms with E-state index in [0.717, 1.165) is 23.1 Å². The number of halogens is 1. The molecule has 1 aromatic heterocycles. The monoisotopic (exact) mass is 286 g/mol. The highest BCUT2D eigenvalue weighted by atomic mass is 79.9. The summed E-state index contributed by atoms with van der Waals surface area (Å²) in [4.78, 5) is 16.6. The van der Waals surface area contributed by atoms with Crippen LogP contribution < -0.4 is 0 Å². The van der Waals surface area contributed by atoms with Crippen LogP contribution in [0.3, 0.4) is 0 Å². The van der Waals surface area contributed by atoms with Crippen molar-refractivity contribution in [1.82, 2.24) is 9.88 Å². The largest absolute Gasteiger partial charge is 0.481 e. The minimum Gasteiger partial charge on any atom is -0.481 e. The number of rotatable bonds is 6. The van der Waals surface area contributed by atoms with E-state index in [1.165, 1.54) is 0 Å². The van der Waals surface area contributed by atoms with Crippen LogP contribution in [-0.4, -0.2) is 34.0 Å². The van der Waals surface area contributed by atoms with Gasteiger partial charge >= 0.3 is 5.97 Å². The Bertz CT molecular complexity index is 358. The smallest absolute Gasteiger partial charge is 0.304 e. The molecule has 0 atom stereocenters. The lowest BCUT2D eigenvalue weighted by Gasteiger charge is -2.19. The number of aliphatic carboxylic acids is 1. The molecule has 0 radical (unpaired) electrons. The van der Waals surface area contributed by atoms with Crippen LogP contribution in [0.5, 0.6) is 0 Å². The van der Waals surface area contributed by atoms with E-state index in [1.807, 2.05) is 13.0 Å². The molecular weight excluding hydrogens is 272 g/mol. The molecule has 0 aliphatic carbocycles. The molecule has 0 unspecified atom stereocenters. The summed E-state index contributed by atoms with van der Waals surface area (Å²) in [6, 6.07) is 2.00. The van der Waals surface area contributed by atoms with E-state index in [9.17, 15) is 4.79 Å². The lowest BCUT2D eigenvalue weighted by Crippen LogP contribution is -2.25. The zero-order valence-electron chi connectivity index (χ0n) is 9.19. The fraction of sp³-hybridized carbons (Fsp3) is 0.455. The Morgan fingerprint density at radius 1 is 1.56 bits per heavy atom. The average Bonchev–Trinajstić information content (AvgIpc) is 2.24. The van der Waals surface area contributed by atoms with Crippen LogP contribution in [0.25, 0.3) is 0 Å². The number of carbonyl (C=O) groups is 1. The molecule has 1 N–H and O–H groups in total. The molecule has 0 spiro atoms. The number of hydrogen-bond donors (Lipinski definition) is 1. The van der Waals surface area contributed by atoms with Crippen molar-refractivity contribution in [2.75, 3.05) is 13.1 Å². The number of nitrogens with zero attached hydrogens (tertiary/aromatic N) is 2. The van der Waals surface area contributed by atoms with Gasteiger partial charge in [0, 0.05) is 30.0 Å². The van der Waals surface area contributed by atoms with Gasteiger partial charge in [0.15, 0.2) is 0 Å². The van der Waals surface area contributed by atoms with Crippen molar-refractivity contribution >= 4 is 21.9 Å². The fourth-order valence-corrected chi connectivity index (χ4v) is 1.82. The van der Waals surface area contributed by atoms with Crippen molar-refractivity contribution in [3.05, 3.63) is 28.5 Å². The molecule has 0 fully saturated rings. The van der Waals surface area contributed by atoms with E-state index in [0.29, 0.717) is 6.54 Å². The van der Waals surface area contributed by atoms with Crippen molar-refractivity contribution in [2.24, 2.45) is 0 Å². The highest BCUT2D eigenvalue weighted by Crippen LogP contribution is 2.11. The Hall–Kier alpha value is -0.940. The van der Waals surface area contributed by atoms with E-state index in [4.69, 9.17) is 5.11 Å². The summed E-state index contributed by atoms with van der Waals surface area (Å²) >= 11 is 3.36. The van der Waals surface area contributed by atoms with Crippen LogP contribution in [0.15, 0.2) is 22.9 Å². The first-order valence-corrected chi connectivity index (χ1v) is 5.94. The quantitative estimate of drug-likeness (QED) is 0.871. The summed E-state index contributed by atoms with van der Waals surface area (Å²) in [6.07, 6.45) is 3.71. The van der Waals surface area contributed by atoms with Crippen LogP contribution in [-0.2, 0) is 11.3 Å². The number of hydrogen-bond acceptors (Lipinski definition) is 3. The van der Waals surface area contributed by atoms with Crippen LogP contribution in [0.1, 0.15) is 18.9 Å². The maximum absolute atomic E-state index is 10.5. The third-order valence-electron chi connectivity index (χ3n) is 2.26. The molecule has 4 nitrogen and oxygen atoms in total. The second-order valence-electron chi connectivity index (χ2n) is 3.52. The minimum atomic E-state index is -0.759. The van der Waals surface area contributed by atoms with Gasteiger partial charge in [0.25, 0.3) is 0 Å². The van der Waals surface area contributed by atoms with Gasteiger partial charge in [0.05, 0.1) is 6.42 Å². The summed E-state index contributed by atoms with van der Waals surface area (Å²) in [5.41, 5.74) is 1.08. The topological polar surface area (TPSA) is 53.4 Å². The van der Waals surface area contributed by atoms with E-state index < -0.39 is 5.97 Å². The standard InChI is InChI=1S/C11H15BrN2O2/c1-2-14(4-3-11(15)16)8-9-5-10(12)7-13-6-9/h5-7H,2-4,8H2,1H3,(H,15,16). The van der Waals surface area contributed by atoms with Crippen molar-refractivity contribution in [1.29, 1.82) is 0 Å². The third-order valence-corrected chi connectivity index (χ3v) is 2.69. The van der Waals surface area contributed by atoms with Gasteiger partial charge in [0.1, 0.15) is 0 Å². The molecule has 0 bridgehead atoms. The van der Waals surface area contributed by atoms with E-state index in [1.54, 1.807) is 12.4 Å². The molecule has 1 rings (SSSR count). The zero-order chi connectivity index (χ0) is 12.0. The Labute approximate surface area is 103 Å². The normalized spacial score (nSPS) is 10.7. The number of carboxylic acids is 1. The molecule has 0 aliphatic rings. The first-order valence-electron chi connectivity index (χ1n) is 5.15. The Morgan fingerprint density at radius 2 is 2.31 bits per heavy atom. The Morgan fingerprint density at radius 3 is 2.88 bits per heavy atom. The maximum Gasteiger partial charge on any atom is 0.304 e. The summed E-state index contributed by atoms with van der Waals surface area (Å²) < 4.78 is 0.944. The molecular formula is C11H15BrN2O2. The van der Waals surface area contributed by atoms with Gasteiger partial charge in [-0.05, 0) is 34.1 Å². The number of aromatic nitrogens is 1. The molecule has 16 heavy (non-hydrogen) atoms. The predicted molar refractivity (Wildman–Crippen MR) is 65.1 cm³/mol. The summed E-state index contributed by atoms with van der Waals surface area (Å²) in [7, 11) is 0. The van der Waals surface area contributed by atoms with Crippen molar-refractivity contribution in [3.63, 3.8) is 0 Å². The summed E-state index contributed by atoms with van der Waals surface area (Å²) in [6.45, 7) is 4.15. The van der Waals surface area contributed by atoms with Gasteiger partial charge in [-0.2, -0.15) is 0 Å². The van der Waals surface area contributed by atoms with E-state index in [2.05, 4.69) is 25.8 Å². The van der Waals surface area contributed by atoms with E-state index >= 15 is 0 Å². The lowest BCUT2D eigenvalue weighted by atomic mass is 10.2. The van der Waals surface area contributed by atoms with Crippen LogP contribution >= 0.6 is 15.9 Å². The molecule has 0 saturated carbocycles. The molecule has 1 heterocycles. The van der Waals surface area contributed by atoms with Gasteiger partial charge in [0.2, 0.25) is 0 Å². The van der Waals surface area contributed by atoms with Crippen molar-refractivity contribution < 1.29 is 9.90 Å². The molecule has 1 aromatic rings. The first kappa shape index (κ1) is 13.1. The molecule has 0 aromatic carbocycles. The predicted octanol–water partition coefficient (Wildman–Crippen LogP) is 2.14. The summed E-state index contributed by atoms with van der Waals surface area (Å²) in [5.74, 6) is -0.759. The fourth-order valence-electron chi connectivity index (χ4n) is 1.40. The SMILES string of the molecule is CCN(CCC(=O)O)Cc1cncc(Br)c1. The van der Waals surface area contributed by atoms with Gasteiger partial charge < -0.3 is 5.11 Å². The highest BCUT2D eigenvalue weighted by Gasteiger charge is 2.06. The van der Waals surface area contributed by atoms with Crippen LogP contribution in [0.2, 0.25) is 0 Å². The number of carboxylic acid groups (broad SMARTS) is 1. The molecule has 0 amide bonds. The van der Waals surface area contributed by atoms with Crippen molar-refractivity contribution in [3.8, 4) is 0 Å². The van der Waals surface area contributed by atoms with Gasteiger partial charge in [-0.3, -0.25) is 14.7 Å². The van der Waals surface area contributed by atoms with Gasteiger partial charge in [-0.1, -0.05) is 6.92 Å². The highest BCUT2D eigenvalue weighted by molar-refractivity contribution is 9.10. The summed E-state index contributed by atoms with van der Waals surface area (Å²) in [5, 5.41) is 8.62. The minimum absolute atomic E-state index is 0.176. The van der Waals surface area contributed by atoms with Gasteiger partial charge in [-0.15, -0.1) is 0 Å². The van der Waals surface area contributed by atoms with Crippen LogP contribution in [0.4, 0.5) is 0 Å². The second-order valence-corrected chi connectivity index (χ2v) is 4.44. The first-order chi connectivity index (χ1) is 7.61. The second kappa shape index (κ2) is 6.60. The van der Waals surface area contributed by atoms with Crippen molar-refractivity contribution in [2.45, 2.75) is 19.9 Å². The Kier molecular flexibility index (Phi) is 5.42. The number of pyridine rings is 1.